The molecule has 1 aromatic heterocycles. The lowest BCUT2D eigenvalue weighted by Gasteiger charge is -2.17. The first-order chi connectivity index (χ1) is 12.9. The van der Waals surface area contributed by atoms with Crippen molar-refractivity contribution in [2.75, 3.05) is 13.1 Å². The molecule has 27 heavy (non-hydrogen) atoms. The standard InChI is InChI=1S/C20H23N3O3S/c1-15-4-6-17(7-5-15)27(25,26)23-10-8-20(14-23)11-18(20)19(24)22-13-16-3-2-9-21-12-16/h2-7,9,12,18H,8,10-11,13-14H2,1H3,(H,22,24)/t18-,20+/m0/s1. The van der Waals surface area contributed by atoms with Crippen molar-refractivity contribution < 1.29 is 13.2 Å². The van der Waals surface area contributed by atoms with Crippen molar-refractivity contribution in [3.63, 3.8) is 0 Å². The average molecular weight is 385 g/mol. The minimum atomic E-state index is -3.50. The first-order valence-electron chi connectivity index (χ1n) is 9.14. The molecule has 0 unspecified atom stereocenters. The van der Waals surface area contributed by atoms with E-state index in [1.807, 2.05) is 31.2 Å². The zero-order valence-corrected chi connectivity index (χ0v) is 16.1. The van der Waals surface area contributed by atoms with Crippen LogP contribution in [0.4, 0.5) is 0 Å². The van der Waals surface area contributed by atoms with E-state index in [9.17, 15) is 13.2 Å². The van der Waals surface area contributed by atoms with Crippen LogP contribution >= 0.6 is 0 Å². The molecule has 7 heteroatoms. The summed E-state index contributed by atoms with van der Waals surface area (Å²) in [6.45, 7) is 3.28. The smallest absolute Gasteiger partial charge is 0.243 e. The van der Waals surface area contributed by atoms with Crippen molar-refractivity contribution in [2.24, 2.45) is 11.3 Å². The van der Waals surface area contributed by atoms with Gasteiger partial charge in [-0.2, -0.15) is 4.31 Å². The molecular formula is C20H23N3O3S. The summed E-state index contributed by atoms with van der Waals surface area (Å²) in [7, 11) is -3.50. The van der Waals surface area contributed by atoms with Gasteiger partial charge in [0.2, 0.25) is 15.9 Å². The number of rotatable bonds is 5. The van der Waals surface area contributed by atoms with Crippen LogP contribution < -0.4 is 5.32 Å². The van der Waals surface area contributed by atoms with Gasteiger partial charge in [-0.3, -0.25) is 9.78 Å². The monoisotopic (exact) mass is 385 g/mol. The van der Waals surface area contributed by atoms with Crippen LogP contribution in [0, 0.1) is 18.3 Å². The maximum atomic E-state index is 12.9. The predicted octanol–water partition coefficient (Wildman–Crippen LogP) is 2.11. The van der Waals surface area contributed by atoms with Gasteiger partial charge in [-0.15, -0.1) is 0 Å². The Kier molecular flexibility index (Phi) is 4.52. The number of benzene rings is 1. The summed E-state index contributed by atoms with van der Waals surface area (Å²) in [4.78, 5) is 16.9. The zero-order chi connectivity index (χ0) is 19.1. The SMILES string of the molecule is Cc1ccc(S(=O)(=O)N2CC[C@@]3(C[C@H]3C(=O)NCc3cccnc3)C2)cc1. The third kappa shape index (κ3) is 3.49. The third-order valence-corrected chi connectivity index (χ3v) is 7.56. The molecule has 1 amide bonds. The second kappa shape index (κ2) is 6.73. The highest BCUT2D eigenvalue weighted by atomic mass is 32.2. The van der Waals surface area contributed by atoms with E-state index in [0.29, 0.717) is 24.5 Å². The highest BCUT2D eigenvalue weighted by molar-refractivity contribution is 7.89. The fraction of sp³-hybridized carbons (Fsp3) is 0.400. The molecule has 2 aromatic rings. The van der Waals surface area contributed by atoms with E-state index < -0.39 is 10.0 Å². The molecule has 2 aliphatic rings. The quantitative estimate of drug-likeness (QED) is 0.855. The van der Waals surface area contributed by atoms with Gasteiger partial charge in [0.25, 0.3) is 0 Å². The number of aromatic nitrogens is 1. The molecule has 2 fully saturated rings. The largest absolute Gasteiger partial charge is 0.352 e. The molecule has 142 valence electrons. The summed E-state index contributed by atoms with van der Waals surface area (Å²) in [6.07, 6.45) is 4.92. The topological polar surface area (TPSA) is 79.4 Å². The van der Waals surface area contributed by atoms with Gasteiger partial charge in [-0.1, -0.05) is 23.8 Å². The number of aryl methyl sites for hydroxylation is 1. The Morgan fingerprint density at radius 1 is 1.30 bits per heavy atom. The minimum absolute atomic E-state index is 0.00781. The van der Waals surface area contributed by atoms with Crippen LogP contribution in [0.15, 0.2) is 53.7 Å². The van der Waals surface area contributed by atoms with Gasteiger partial charge in [-0.05, 0) is 48.9 Å². The maximum Gasteiger partial charge on any atom is 0.243 e. The van der Waals surface area contributed by atoms with Crippen LogP contribution in [0.1, 0.15) is 24.0 Å². The number of sulfonamides is 1. The van der Waals surface area contributed by atoms with Gasteiger partial charge >= 0.3 is 0 Å². The minimum Gasteiger partial charge on any atom is -0.352 e. The van der Waals surface area contributed by atoms with Crippen molar-refractivity contribution in [1.82, 2.24) is 14.6 Å². The molecule has 1 spiro atoms. The summed E-state index contributed by atoms with van der Waals surface area (Å²) in [6, 6.07) is 10.7. The second-order valence-electron chi connectivity index (χ2n) is 7.60. The Morgan fingerprint density at radius 2 is 2.07 bits per heavy atom. The van der Waals surface area contributed by atoms with E-state index in [0.717, 1.165) is 24.0 Å². The van der Waals surface area contributed by atoms with Crippen LogP contribution in [-0.2, 0) is 21.4 Å². The van der Waals surface area contributed by atoms with Gasteiger partial charge in [0.1, 0.15) is 0 Å². The summed E-state index contributed by atoms with van der Waals surface area (Å²) in [5.41, 5.74) is 1.78. The fourth-order valence-electron chi connectivity index (χ4n) is 3.91. The Hall–Kier alpha value is -2.25. The van der Waals surface area contributed by atoms with Crippen molar-refractivity contribution in [3.8, 4) is 0 Å². The van der Waals surface area contributed by atoms with E-state index in [1.165, 1.54) is 4.31 Å². The van der Waals surface area contributed by atoms with Crippen LogP contribution in [0.5, 0.6) is 0 Å². The lowest BCUT2D eigenvalue weighted by molar-refractivity contribution is -0.123. The maximum absolute atomic E-state index is 12.9. The molecule has 1 aliphatic carbocycles. The third-order valence-electron chi connectivity index (χ3n) is 5.70. The molecule has 6 nitrogen and oxygen atoms in total. The number of hydrogen-bond donors (Lipinski definition) is 1. The molecule has 2 heterocycles. The summed E-state index contributed by atoms with van der Waals surface area (Å²) < 4.78 is 27.3. The van der Waals surface area contributed by atoms with E-state index >= 15 is 0 Å². The number of pyridine rings is 1. The highest BCUT2D eigenvalue weighted by Gasteiger charge is 2.62. The summed E-state index contributed by atoms with van der Waals surface area (Å²) in [5.74, 6) is -0.0965. The van der Waals surface area contributed by atoms with Gasteiger partial charge in [0, 0.05) is 37.9 Å². The zero-order valence-electron chi connectivity index (χ0n) is 15.3. The Balaban J connectivity index is 1.38. The molecule has 4 rings (SSSR count). The van der Waals surface area contributed by atoms with E-state index in [-0.39, 0.29) is 17.2 Å². The number of hydrogen-bond acceptors (Lipinski definition) is 4. The lowest BCUT2D eigenvalue weighted by Crippen LogP contribution is -2.31. The van der Waals surface area contributed by atoms with Crippen LogP contribution in [0.3, 0.4) is 0 Å². The van der Waals surface area contributed by atoms with Crippen molar-refractivity contribution in [1.29, 1.82) is 0 Å². The van der Waals surface area contributed by atoms with Crippen molar-refractivity contribution >= 4 is 15.9 Å². The molecule has 1 saturated carbocycles. The Labute approximate surface area is 159 Å². The first-order valence-corrected chi connectivity index (χ1v) is 10.6. The molecule has 0 radical (unpaired) electrons. The van der Waals surface area contributed by atoms with E-state index in [2.05, 4.69) is 10.3 Å². The van der Waals surface area contributed by atoms with Crippen molar-refractivity contribution in [2.45, 2.75) is 31.2 Å². The summed E-state index contributed by atoms with van der Waals surface area (Å²) >= 11 is 0. The van der Waals surface area contributed by atoms with Crippen LogP contribution in [0.25, 0.3) is 0 Å². The average Bonchev–Trinajstić information content (AvgIpc) is 3.20. The molecular weight excluding hydrogens is 362 g/mol. The van der Waals surface area contributed by atoms with Gasteiger partial charge in [-0.25, -0.2) is 8.42 Å². The number of nitrogens with one attached hydrogen (secondary N) is 1. The lowest BCUT2D eigenvalue weighted by atomic mass is 10.0. The molecule has 1 aromatic carbocycles. The van der Waals surface area contributed by atoms with Crippen molar-refractivity contribution in [3.05, 3.63) is 59.9 Å². The first kappa shape index (κ1) is 18.1. The normalized spacial score (nSPS) is 24.9. The molecule has 2 atom stereocenters. The second-order valence-corrected chi connectivity index (χ2v) is 9.54. The van der Waals surface area contributed by atoms with Gasteiger partial charge in [0.05, 0.1) is 4.90 Å². The van der Waals surface area contributed by atoms with E-state index in [1.54, 1.807) is 24.5 Å². The van der Waals surface area contributed by atoms with E-state index in [4.69, 9.17) is 0 Å². The number of amides is 1. The number of carbonyl (C=O) groups excluding carboxylic acids is 1. The fourth-order valence-corrected chi connectivity index (χ4v) is 5.44. The highest BCUT2D eigenvalue weighted by Crippen LogP contribution is 2.59. The van der Waals surface area contributed by atoms with Crippen LogP contribution in [0.2, 0.25) is 0 Å². The van der Waals surface area contributed by atoms with Crippen LogP contribution in [-0.4, -0.2) is 36.7 Å². The molecule has 0 bridgehead atoms. The Bertz CT molecular complexity index is 944. The molecule has 1 aliphatic heterocycles. The number of nitrogens with zero attached hydrogens (tertiary/aromatic N) is 2. The van der Waals surface area contributed by atoms with Gasteiger partial charge in [0.15, 0.2) is 0 Å². The molecule has 1 saturated heterocycles. The Morgan fingerprint density at radius 3 is 2.78 bits per heavy atom. The predicted molar refractivity (Wildman–Crippen MR) is 101 cm³/mol. The molecule has 1 N–H and O–H groups in total. The summed E-state index contributed by atoms with van der Waals surface area (Å²) in [5, 5.41) is 2.96. The van der Waals surface area contributed by atoms with Gasteiger partial charge < -0.3 is 5.32 Å². The number of carbonyl (C=O) groups is 1.